The van der Waals surface area contributed by atoms with E-state index in [1.165, 1.54) is 5.56 Å². The standard InChI is InChI=1S/C16H27NO/c1-5-15(14-9-7-6-8-10-14)17-13-16(2,3)11-12-18-4/h6-10,15,17H,5,11-13H2,1-4H3. The zero-order chi connectivity index (χ0) is 13.4. The van der Waals surface area contributed by atoms with Crippen molar-refractivity contribution in [1.82, 2.24) is 5.32 Å². The Morgan fingerprint density at radius 2 is 1.89 bits per heavy atom. The summed E-state index contributed by atoms with van der Waals surface area (Å²) in [4.78, 5) is 0. The van der Waals surface area contributed by atoms with Crippen LogP contribution >= 0.6 is 0 Å². The van der Waals surface area contributed by atoms with Crippen molar-refractivity contribution in [1.29, 1.82) is 0 Å². The molecule has 1 unspecified atom stereocenters. The first-order valence-electron chi connectivity index (χ1n) is 6.86. The summed E-state index contributed by atoms with van der Waals surface area (Å²) in [6.07, 6.45) is 2.20. The molecule has 1 N–H and O–H groups in total. The van der Waals surface area contributed by atoms with Crippen LogP contribution in [-0.2, 0) is 4.74 Å². The van der Waals surface area contributed by atoms with Gasteiger partial charge >= 0.3 is 0 Å². The molecule has 1 rings (SSSR count). The van der Waals surface area contributed by atoms with E-state index in [2.05, 4.69) is 56.4 Å². The summed E-state index contributed by atoms with van der Waals surface area (Å²) in [6, 6.07) is 11.1. The molecule has 0 heterocycles. The molecule has 0 fully saturated rings. The Morgan fingerprint density at radius 1 is 1.22 bits per heavy atom. The average molecular weight is 249 g/mol. The van der Waals surface area contributed by atoms with Gasteiger partial charge in [0.1, 0.15) is 0 Å². The molecule has 1 aromatic carbocycles. The Balaban J connectivity index is 2.49. The number of hydrogen-bond donors (Lipinski definition) is 1. The lowest BCUT2D eigenvalue weighted by Gasteiger charge is -2.28. The van der Waals surface area contributed by atoms with Gasteiger partial charge in [0.05, 0.1) is 0 Å². The average Bonchev–Trinajstić information content (AvgIpc) is 2.38. The Kier molecular flexibility index (Phi) is 6.37. The first kappa shape index (κ1) is 15.2. The largest absolute Gasteiger partial charge is 0.385 e. The van der Waals surface area contributed by atoms with Gasteiger partial charge in [0, 0.05) is 26.3 Å². The molecule has 102 valence electrons. The summed E-state index contributed by atoms with van der Waals surface area (Å²) in [5, 5.41) is 3.68. The quantitative estimate of drug-likeness (QED) is 0.757. The third kappa shape index (κ3) is 5.19. The summed E-state index contributed by atoms with van der Waals surface area (Å²) in [5.74, 6) is 0. The third-order valence-corrected chi connectivity index (χ3v) is 3.42. The van der Waals surface area contributed by atoms with Crippen molar-refractivity contribution in [2.75, 3.05) is 20.3 Å². The maximum absolute atomic E-state index is 5.17. The highest BCUT2D eigenvalue weighted by atomic mass is 16.5. The second kappa shape index (κ2) is 7.55. The molecule has 1 aromatic rings. The molecule has 1 atom stereocenters. The summed E-state index contributed by atoms with van der Waals surface area (Å²) >= 11 is 0. The van der Waals surface area contributed by atoms with Crippen LogP contribution in [0.2, 0.25) is 0 Å². The van der Waals surface area contributed by atoms with Gasteiger partial charge in [-0.3, -0.25) is 0 Å². The third-order valence-electron chi connectivity index (χ3n) is 3.42. The van der Waals surface area contributed by atoms with Crippen LogP contribution < -0.4 is 5.32 Å². The first-order valence-corrected chi connectivity index (χ1v) is 6.86. The van der Waals surface area contributed by atoms with Gasteiger partial charge < -0.3 is 10.1 Å². The monoisotopic (exact) mass is 249 g/mol. The number of benzene rings is 1. The molecule has 0 aliphatic heterocycles. The maximum Gasteiger partial charge on any atom is 0.0467 e. The molecule has 0 saturated carbocycles. The summed E-state index contributed by atoms with van der Waals surface area (Å²) in [5.41, 5.74) is 1.65. The molecule has 0 spiro atoms. The Hall–Kier alpha value is -0.860. The van der Waals surface area contributed by atoms with Gasteiger partial charge in [-0.1, -0.05) is 51.1 Å². The van der Waals surface area contributed by atoms with Gasteiger partial charge in [-0.25, -0.2) is 0 Å². The predicted octanol–water partition coefficient (Wildman–Crippen LogP) is 3.79. The fourth-order valence-corrected chi connectivity index (χ4v) is 2.05. The van der Waals surface area contributed by atoms with Gasteiger partial charge in [0.15, 0.2) is 0 Å². The fraction of sp³-hybridized carbons (Fsp3) is 0.625. The highest BCUT2D eigenvalue weighted by Crippen LogP contribution is 2.22. The normalized spacial score (nSPS) is 13.6. The molecular formula is C16H27NO. The van der Waals surface area contributed by atoms with Gasteiger partial charge in [0.25, 0.3) is 0 Å². The van der Waals surface area contributed by atoms with Crippen LogP contribution in [0.5, 0.6) is 0 Å². The van der Waals surface area contributed by atoms with E-state index in [4.69, 9.17) is 4.74 Å². The van der Waals surface area contributed by atoms with E-state index in [9.17, 15) is 0 Å². The van der Waals surface area contributed by atoms with Crippen LogP contribution in [0.3, 0.4) is 0 Å². The molecule has 0 aliphatic rings. The van der Waals surface area contributed by atoms with Gasteiger partial charge in [0.2, 0.25) is 0 Å². The van der Waals surface area contributed by atoms with E-state index in [0.29, 0.717) is 6.04 Å². The van der Waals surface area contributed by atoms with Crippen molar-refractivity contribution in [3.63, 3.8) is 0 Å². The second-order valence-corrected chi connectivity index (χ2v) is 5.66. The van der Waals surface area contributed by atoms with E-state index in [1.807, 2.05) is 0 Å². The number of hydrogen-bond acceptors (Lipinski definition) is 2. The van der Waals surface area contributed by atoms with E-state index in [1.54, 1.807) is 7.11 Å². The SMILES string of the molecule is CCC(NCC(C)(C)CCOC)c1ccccc1. The topological polar surface area (TPSA) is 21.3 Å². The van der Waals surface area contributed by atoms with Crippen LogP contribution in [0.15, 0.2) is 30.3 Å². The lowest BCUT2D eigenvalue weighted by atomic mass is 9.89. The van der Waals surface area contributed by atoms with Gasteiger partial charge in [-0.2, -0.15) is 0 Å². The smallest absolute Gasteiger partial charge is 0.0467 e. The van der Waals surface area contributed by atoms with Gasteiger partial charge in [-0.15, -0.1) is 0 Å². The molecule has 0 aliphatic carbocycles. The number of methoxy groups -OCH3 is 1. The molecule has 0 amide bonds. The van der Waals surface area contributed by atoms with E-state index in [-0.39, 0.29) is 5.41 Å². The van der Waals surface area contributed by atoms with Crippen LogP contribution in [0.25, 0.3) is 0 Å². The van der Waals surface area contributed by atoms with Crippen molar-refractivity contribution in [2.45, 2.75) is 39.7 Å². The molecule has 0 saturated heterocycles. The highest BCUT2D eigenvalue weighted by molar-refractivity contribution is 5.18. The Labute approximate surface area is 112 Å². The summed E-state index contributed by atoms with van der Waals surface area (Å²) in [6.45, 7) is 8.65. The zero-order valence-electron chi connectivity index (χ0n) is 12.2. The number of rotatable bonds is 8. The molecule has 0 radical (unpaired) electrons. The predicted molar refractivity (Wildman–Crippen MR) is 77.8 cm³/mol. The molecule has 2 heteroatoms. The lowest BCUT2D eigenvalue weighted by Crippen LogP contribution is -2.33. The van der Waals surface area contributed by atoms with Crippen molar-refractivity contribution < 1.29 is 4.74 Å². The molecule has 0 aromatic heterocycles. The molecule has 2 nitrogen and oxygen atoms in total. The second-order valence-electron chi connectivity index (χ2n) is 5.66. The zero-order valence-corrected chi connectivity index (χ0v) is 12.2. The number of ether oxygens (including phenoxy) is 1. The minimum absolute atomic E-state index is 0.276. The Bertz CT molecular complexity index is 321. The Morgan fingerprint density at radius 3 is 2.44 bits per heavy atom. The fourth-order valence-electron chi connectivity index (χ4n) is 2.05. The van der Waals surface area contributed by atoms with E-state index < -0.39 is 0 Å². The van der Waals surface area contributed by atoms with E-state index in [0.717, 1.165) is 26.0 Å². The van der Waals surface area contributed by atoms with Crippen molar-refractivity contribution in [2.24, 2.45) is 5.41 Å². The van der Waals surface area contributed by atoms with Crippen LogP contribution in [0.1, 0.15) is 45.2 Å². The summed E-state index contributed by atoms with van der Waals surface area (Å²) < 4.78 is 5.17. The van der Waals surface area contributed by atoms with Crippen molar-refractivity contribution >= 4 is 0 Å². The van der Waals surface area contributed by atoms with Crippen molar-refractivity contribution in [3.05, 3.63) is 35.9 Å². The molecule has 18 heavy (non-hydrogen) atoms. The van der Waals surface area contributed by atoms with E-state index >= 15 is 0 Å². The lowest BCUT2D eigenvalue weighted by molar-refractivity contribution is 0.148. The van der Waals surface area contributed by atoms with Crippen LogP contribution in [0.4, 0.5) is 0 Å². The maximum atomic E-state index is 5.17. The van der Waals surface area contributed by atoms with Crippen molar-refractivity contribution in [3.8, 4) is 0 Å². The minimum Gasteiger partial charge on any atom is -0.385 e. The van der Waals surface area contributed by atoms with Crippen LogP contribution in [-0.4, -0.2) is 20.3 Å². The van der Waals surface area contributed by atoms with Gasteiger partial charge in [-0.05, 0) is 23.8 Å². The number of nitrogens with one attached hydrogen (secondary N) is 1. The first-order chi connectivity index (χ1) is 8.59. The molecule has 0 bridgehead atoms. The molecular weight excluding hydrogens is 222 g/mol. The summed E-state index contributed by atoms with van der Waals surface area (Å²) in [7, 11) is 1.77. The van der Waals surface area contributed by atoms with Crippen LogP contribution in [0, 0.1) is 5.41 Å². The minimum atomic E-state index is 0.276. The highest BCUT2D eigenvalue weighted by Gasteiger charge is 2.19.